The molecule has 100 valence electrons. The predicted molar refractivity (Wildman–Crippen MR) is 84.0 cm³/mol. The van der Waals surface area contributed by atoms with E-state index < -0.39 is 10.8 Å². The van der Waals surface area contributed by atoms with E-state index in [9.17, 15) is 4.21 Å². The first kappa shape index (κ1) is 14.2. The van der Waals surface area contributed by atoms with Crippen LogP contribution in [0.4, 0.5) is 5.69 Å². The Balaban J connectivity index is 1.91. The molecule has 2 rings (SSSR count). The second-order valence-electron chi connectivity index (χ2n) is 4.24. The number of benzene rings is 2. The number of hydrogen-bond donors (Lipinski definition) is 1. The lowest BCUT2D eigenvalue weighted by Gasteiger charge is -2.07. The Hall–Kier alpha value is -1.26. The molecule has 0 fully saturated rings. The molecule has 1 atom stereocenters. The minimum absolute atomic E-state index is 0.657. The van der Waals surface area contributed by atoms with Gasteiger partial charge in [-0.05, 0) is 42.8 Å². The quantitative estimate of drug-likeness (QED) is 0.677. The zero-order valence-corrected chi connectivity index (χ0v) is 12.5. The molecule has 0 saturated carbocycles. The van der Waals surface area contributed by atoms with Crippen LogP contribution in [0, 0.1) is 6.92 Å². The average molecular weight is 291 g/mol. The van der Waals surface area contributed by atoms with Crippen LogP contribution in [0.15, 0.2) is 58.3 Å². The van der Waals surface area contributed by atoms with Gasteiger partial charge in [0, 0.05) is 27.0 Å². The highest BCUT2D eigenvalue weighted by atomic mass is 32.2. The summed E-state index contributed by atoms with van der Waals surface area (Å²) >= 11 is 1.73. The maximum Gasteiger partial charge on any atom is 0.0540 e. The van der Waals surface area contributed by atoms with Crippen LogP contribution >= 0.6 is 11.8 Å². The number of nitrogen functional groups attached to an aromatic ring is 1. The third kappa shape index (κ3) is 4.11. The zero-order valence-electron chi connectivity index (χ0n) is 10.8. The zero-order chi connectivity index (χ0) is 13.7. The molecule has 1 unspecified atom stereocenters. The van der Waals surface area contributed by atoms with Crippen LogP contribution in [-0.4, -0.2) is 15.7 Å². The number of anilines is 1. The maximum absolute atomic E-state index is 12.2. The van der Waals surface area contributed by atoms with Gasteiger partial charge in [0.1, 0.15) is 0 Å². The summed E-state index contributed by atoms with van der Waals surface area (Å²) in [5.41, 5.74) is 7.42. The molecule has 19 heavy (non-hydrogen) atoms. The molecular formula is C15H17NOS2. The van der Waals surface area contributed by atoms with E-state index in [1.54, 1.807) is 11.8 Å². The van der Waals surface area contributed by atoms with Gasteiger partial charge in [-0.15, -0.1) is 11.8 Å². The van der Waals surface area contributed by atoms with E-state index in [0.717, 1.165) is 21.9 Å². The van der Waals surface area contributed by atoms with Gasteiger partial charge in [-0.3, -0.25) is 4.21 Å². The molecule has 0 radical (unpaired) electrons. The van der Waals surface area contributed by atoms with Crippen molar-refractivity contribution in [3.63, 3.8) is 0 Å². The van der Waals surface area contributed by atoms with Crippen molar-refractivity contribution in [2.24, 2.45) is 0 Å². The van der Waals surface area contributed by atoms with Gasteiger partial charge in [0.25, 0.3) is 0 Å². The van der Waals surface area contributed by atoms with Crippen molar-refractivity contribution < 1.29 is 4.21 Å². The number of nitrogens with two attached hydrogens (primary N) is 1. The predicted octanol–water partition coefficient (Wildman–Crippen LogP) is 3.48. The first-order valence-corrected chi connectivity index (χ1v) is 8.39. The van der Waals surface area contributed by atoms with Gasteiger partial charge in [-0.25, -0.2) is 0 Å². The number of thioether (sulfide) groups is 1. The monoisotopic (exact) mass is 291 g/mol. The lowest BCUT2D eigenvalue weighted by atomic mass is 10.2. The molecule has 2 N–H and O–H groups in total. The Bertz CT molecular complexity index is 570. The smallest absolute Gasteiger partial charge is 0.0540 e. The minimum Gasteiger partial charge on any atom is -0.399 e. The Morgan fingerprint density at radius 2 is 1.89 bits per heavy atom. The highest BCUT2D eigenvalue weighted by molar-refractivity contribution is 8.00. The van der Waals surface area contributed by atoms with E-state index in [2.05, 4.69) is 12.1 Å². The van der Waals surface area contributed by atoms with Gasteiger partial charge in [0.15, 0.2) is 0 Å². The fourth-order valence-corrected chi connectivity index (χ4v) is 4.17. The van der Waals surface area contributed by atoms with Gasteiger partial charge in [-0.1, -0.05) is 18.2 Å². The molecular weight excluding hydrogens is 274 g/mol. The van der Waals surface area contributed by atoms with Crippen molar-refractivity contribution in [3.05, 3.63) is 54.1 Å². The fourth-order valence-electron chi connectivity index (χ4n) is 1.79. The Morgan fingerprint density at radius 3 is 2.58 bits per heavy atom. The molecule has 2 aromatic carbocycles. The van der Waals surface area contributed by atoms with Crippen LogP contribution in [0.25, 0.3) is 0 Å². The van der Waals surface area contributed by atoms with Crippen molar-refractivity contribution in [1.29, 1.82) is 0 Å². The fraction of sp³-hybridized carbons (Fsp3) is 0.200. The topological polar surface area (TPSA) is 43.1 Å². The molecule has 0 aliphatic heterocycles. The largest absolute Gasteiger partial charge is 0.399 e. The first-order valence-electron chi connectivity index (χ1n) is 6.09. The van der Waals surface area contributed by atoms with Gasteiger partial charge in [0.2, 0.25) is 0 Å². The van der Waals surface area contributed by atoms with Crippen molar-refractivity contribution in [3.8, 4) is 0 Å². The molecule has 0 amide bonds. The minimum atomic E-state index is -0.953. The average Bonchev–Trinajstić information content (AvgIpc) is 2.39. The lowest BCUT2D eigenvalue weighted by molar-refractivity contribution is 0.683. The SMILES string of the molecule is Cc1cc(N)ccc1S(=O)CCSc1ccccc1. The van der Waals surface area contributed by atoms with Crippen molar-refractivity contribution in [2.75, 3.05) is 17.2 Å². The second-order valence-corrected chi connectivity index (χ2v) is 6.94. The van der Waals surface area contributed by atoms with Crippen molar-refractivity contribution in [1.82, 2.24) is 0 Å². The second kappa shape index (κ2) is 6.78. The van der Waals surface area contributed by atoms with E-state index in [4.69, 9.17) is 5.73 Å². The molecule has 0 spiro atoms. The van der Waals surface area contributed by atoms with Crippen molar-refractivity contribution >= 4 is 28.2 Å². The number of aryl methyl sites for hydroxylation is 1. The van der Waals surface area contributed by atoms with Crippen LogP contribution in [0.3, 0.4) is 0 Å². The summed E-state index contributed by atoms with van der Waals surface area (Å²) in [6.07, 6.45) is 0. The van der Waals surface area contributed by atoms with Gasteiger partial charge < -0.3 is 5.73 Å². The molecule has 0 aromatic heterocycles. The van der Waals surface area contributed by atoms with E-state index in [0.29, 0.717) is 5.75 Å². The summed E-state index contributed by atoms with van der Waals surface area (Å²) in [6.45, 7) is 1.95. The van der Waals surface area contributed by atoms with E-state index in [1.165, 1.54) is 4.90 Å². The molecule has 2 aromatic rings. The summed E-state index contributed by atoms with van der Waals surface area (Å²) in [5.74, 6) is 1.50. The molecule has 2 nitrogen and oxygen atoms in total. The standard InChI is InChI=1S/C15H17NOS2/c1-12-11-13(16)7-8-15(12)19(17)10-9-18-14-5-3-2-4-6-14/h2-8,11H,9-10,16H2,1H3. The van der Waals surface area contributed by atoms with E-state index in [1.807, 2.05) is 43.3 Å². The molecule has 0 aliphatic carbocycles. The van der Waals surface area contributed by atoms with Crippen LogP contribution in [-0.2, 0) is 10.8 Å². The first-order chi connectivity index (χ1) is 9.16. The van der Waals surface area contributed by atoms with Gasteiger partial charge in [-0.2, -0.15) is 0 Å². The number of rotatable bonds is 5. The summed E-state index contributed by atoms with van der Waals surface area (Å²) in [6, 6.07) is 15.7. The third-order valence-electron chi connectivity index (χ3n) is 2.72. The van der Waals surface area contributed by atoms with E-state index >= 15 is 0 Å². The lowest BCUT2D eigenvalue weighted by Crippen LogP contribution is -2.03. The Kier molecular flexibility index (Phi) is 5.05. The molecule has 0 aliphatic rings. The summed E-state index contributed by atoms with van der Waals surface area (Å²) in [7, 11) is -0.953. The Labute approximate surface area is 120 Å². The highest BCUT2D eigenvalue weighted by Gasteiger charge is 2.07. The molecule has 4 heteroatoms. The maximum atomic E-state index is 12.2. The molecule has 0 heterocycles. The van der Waals surface area contributed by atoms with Crippen LogP contribution in [0.1, 0.15) is 5.56 Å². The van der Waals surface area contributed by atoms with Crippen LogP contribution < -0.4 is 5.73 Å². The third-order valence-corrected chi connectivity index (χ3v) is 5.52. The number of hydrogen-bond acceptors (Lipinski definition) is 3. The van der Waals surface area contributed by atoms with Gasteiger partial charge >= 0.3 is 0 Å². The summed E-state index contributed by atoms with van der Waals surface area (Å²) < 4.78 is 12.2. The summed E-state index contributed by atoms with van der Waals surface area (Å²) in [4.78, 5) is 2.11. The van der Waals surface area contributed by atoms with E-state index in [-0.39, 0.29) is 0 Å². The normalized spacial score (nSPS) is 12.3. The Morgan fingerprint density at radius 1 is 1.16 bits per heavy atom. The highest BCUT2D eigenvalue weighted by Crippen LogP contribution is 2.20. The van der Waals surface area contributed by atoms with Crippen molar-refractivity contribution in [2.45, 2.75) is 16.7 Å². The molecule has 0 bridgehead atoms. The van der Waals surface area contributed by atoms with Crippen LogP contribution in [0.2, 0.25) is 0 Å². The van der Waals surface area contributed by atoms with Crippen LogP contribution in [0.5, 0.6) is 0 Å². The van der Waals surface area contributed by atoms with Gasteiger partial charge in [0.05, 0.1) is 10.8 Å². The molecule has 0 saturated heterocycles. The summed E-state index contributed by atoms with van der Waals surface area (Å²) in [5, 5.41) is 0.